The molecular weight excluding hydrogens is 293 g/mol. The molecule has 0 saturated heterocycles. The first kappa shape index (κ1) is 15.5. The number of hydrogen-bond donors (Lipinski definition) is 3. The molecule has 3 N–H and O–H groups in total. The second-order valence-corrected chi connectivity index (χ2v) is 4.42. The van der Waals surface area contributed by atoms with Crippen LogP contribution >= 0.6 is 23.2 Å². The van der Waals surface area contributed by atoms with E-state index >= 15 is 0 Å². The first-order valence-corrected chi connectivity index (χ1v) is 5.97. The van der Waals surface area contributed by atoms with Crippen LogP contribution in [0, 0.1) is 0 Å². The maximum Gasteiger partial charge on any atom is 0.334 e. The minimum absolute atomic E-state index is 0.361. The van der Waals surface area contributed by atoms with Crippen LogP contribution in [0.25, 0.3) is 6.08 Å². The van der Waals surface area contributed by atoms with E-state index in [-0.39, 0.29) is 6.54 Å². The van der Waals surface area contributed by atoms with E-state index < -0.39 is 18.0 Å². The lowest BCUT2D eigenvalue weighted by Crippen LogP contribution is -2.35. The van der Waals surface area contributed by atoms with Crippen molar-refractivity contribution in [1.29, 1.82) is 0 Å². The Balaban J connectivity index is 2.54. The van der Waals surface area contributed by atoms with Gasteiger partial charge in [-0.05, 0) is 23.8 Å². The fourth-order valence-corrected chi connectivity index (χ4v) is 1.44. The highest BCUT2D eigenvalue weighted by atomic mass is 35.5. The molecule has 0 heterocycles. The topological polar surface area (TPSA) is 86.6 Å². The molecule has 0 aliphatic rings. The number of carbonyl (C=O) groups excluding carboxylic acids is 1. The zero-order valence-corrected chi connectivity index (χ0v) is 11.1. The van der Waals surface area contributed by atoms with Crippen LogP contribution in [0.5, 0.6) is 0 Å². The van der Waals surface area contributed by atoms with Gasteiger partial charge in [0.25, 0.3) is 0 Å². The molecule has 1 aromatic rings. The molecule has 0 aromatic heterocycles. The van der Waals surface area contributed by atoms with Crippen molar-refractivity contribution >= 4 is 41.2 Å². The summed E-state index contributed by atoms with van der Waals surface area (Å²) < 4.78 is 0. The van der Waals surface area contributed by atoms with Crippen LogP contribution < -0.4 is 5.32 Å². The average Bonchev–Trinajstić information content (AvgIpc) is 2.37. The molecule has 0 saturated carbocycles. The fraction of sp³-hybridized carbons (Fsp3) is 0.167. The zero-order valence-electron chi connectivity index (χ0n) is 9.64. The maximum atomic E-state index is 11.3. The second kappa shape index (κ2) is 7.13. The number of rotatable bonds is 5. The van der Waals surface area contributed by atoms with Crippen LogP contribution in [0.15, 0.2) is 24.3 Å². The molecule has 5 nitrogen and oxygen atoms in total. The minimum atomic E-state index is -1.62. The number of carboxylic acids is 1. The first-order chi connectivity index (χ1) is 8.90. The summed E-state index contributed by atoms with van der Waals surface area (Å²) in [4.78, 5) is 21.6. The lowest BCUT2D eigenvalue weighted by molar-refractivity contribution is -0.146. The molecule has 1 atom stereocenters. The molecule has 0 aliphatic heterocycles. The summed E-state index contributed by atoms with van der Waals surface area (Å²) in [6.45, 7) is -0.361. The number of aliphatic carboxylic acids is 1. The van der Waals surface area contributed by atoms with Gasteiger partial charge in [-0.1, -0.05) is 29.3 Å². The van der Waals surface area contributed by atoms with Crippen LogP contribution in [0.4, 0.5) is 0 Å². The van der Waals surface area contributed by atoms with Gasteiger partial charge in [-0.2, -0.15) is 0 Å². The van der Waals surface area contributed by atoms with Gasteiger partial charge in [-0.3, -0.25) is 4.79 Å². The van der Waals surface area contributed by atoms with E-state index in [0.29, 0.717) is 15.6 Å². The highest BCUT2D eigenvalue weighted by Crippen LogP contribution is 2.22. The van der Waals surface area contributed by atoms with Crippen LogP contribution in [0.1, 0.15) is 5.56 Å². The number of halogens is 2. The summed E-state index contributed by atoms with van der Waals surface area (Å²) >= 11 is 11.5. The Morgan fingerprint density at radius 2 is 2.00 bits per heavy atom. The van der Waals surface area contributed by atoms with Crippen molar-refractivity contribution in [2.75, 3.05) is 6.54 Å². The van der Waals surface area contributed by atoms with Crippen molar-refractivity contribution in [3.05, 3.63) is 39.9 Å². The third kappa shape index (κ3) is 5.30. The molecule has 0 aliphatic carbocycles. The average molecular weight is 304 g/mol. The van der Waals surface area contributed by atoms with E-state index in [4.69, 9.17) is 33.4 Å². The van der Waals surface area contributed by atoms with Gasteiger partial charge >= 0.3 is 5.97 Å². The largest absolute Gasteiger partial charge is 0.479 e. The number of carbonyl (C=O) groups is 2. The van der Waals surface area contributed by atoms with E-state index in [9.17, 15) is 9.59 Å². The lowest BCUT2D eigenvalue weighted by atomic mass is 10.2. The van der Waals surface area contributed by atoms with E-state index in [2.05, 4.69) is 5.32 Å². The SMILES string of the molecule is O=C(/C=C/c1ccc(Cl)c(Cl)c1)NC[C@H](O)C(=O)O. The van der Waals surface area contributed by atoms with Crippen LogP contribution in [-0.2, 0) is 9.59 Å². The number of benzene rings is 1. The maximum absolute atomic E-state index is 11.3. The first-order valence-electron chi connectivity index (χ1n) is 5.22. The summed E-state index contributed by atoms with van der Waals surface area (Å²) in [5.74, 6) is -1.92. The van der Waals surface area contributed by atoms with Crippen LogP contribution in [0.3, 0.4) is 0 Å². The second-order valence-electron chi connectivity index (χ2n) is 3.61. The molecule has 0 bridgehead atoms. The molecule has 7 heteroatoms. The molecule has 0 unspecified atom stereocenters. The van der Waals surface area contributed by atoms with Gasteiger partial charge < -0.3 is 15.5 Å². The Kier molecular flexibility index (Phi) is 5.82. The fourth-order valence-electron chi connectivity index (χ4n) is 1.13. The van der Waals surface area contributed by atoms with Crippen LogP contribution in [-0.4, -0.2) is 34.7 Å². The number of aliphatic hydroxyl groups is 1. The summed E-state index contributed by atoms with van der Waals surface area (Å²) in [5.41, 5.74) is 0.670. The third-order valence-corrected chi connectivity index (χ3v) is 2.86. The van der Waals surface area contributed by atoms with Gasteiger partial charge in [-0.25, -0.2) is 4.79 Å². The highest BCUT2D eigenvalue weighted by Gasteiger charge is 2.12. The van der Waals surface area contributed by atoms with E-state index in [1.807, 2.05) is 0 Å². The lowest BCUT2D eigenvalue weighted by Gasteiger charge is -2.05. The molecule has 1 amide bonds. The highest BCUT2D eigenvalue weighted by molar-refractivity contribution is 6.42. The zero-order chi connectivity index (χ0) is 14.4. The number of aliphatic hydroxyl groups excluding tert-OH is 1. The Hall–Kier alpha value is -1.56. The van der Waals surface area contributed by atoms with Crippen molar-refractivity contribution in [3.8, 4) is 0 Å². The van der Waals surface area contributed by atoms with Gasteiger partial charge in [0.1, 0.15) is 0 Å². The molecule has 1 aromatic carbocycles. The number of carboxylic acid groups (broad SMARTS) is 1. The van der Waals surface area contributed by atoms with Gasteiger partial charge in [-0.15, -0.1) is 0 Å². The molecule has 0 radical (unpaired) electrons. The van der Waals surface area contributed by atoms with Crippen molar-refractivity contribution in [1.82, 2.24) is 5.32 Å². The standard InChI is InChI=1S/C12H11Cl2NO4/c13-8-3-1-7(5-9(8)14)2-4-11(17)15-6-10(16)12(18)19/h1-5,10,16H,6H2,(H,15,17)(H,18,19)/b4-2+/t10-/m0/s1. The summed E-state index contributed by atoms with van der Waals surface area (Å²) in [7, 11) is 0. The quantitative estimate of drug-likeness (QED) is 0.721. The Morgan fingerprint density at radius 1 is 1.32 bits per heavy atom. The van der Waals surface area contributed by atoms with Crippen LogP contribution in [0.2, 0.25) is 10.0 Å². The Bertz CT molecular complexity index is 516. The molecule has 1 rings (SSSR count). The molecule has 0 spiro atoms. The number of amides is 1. The number of nitrogens with one attached hydrogen (secondary N) is 1. The predicted molar refractivity (Wildman–Crippen MR) is 72.1 cm³/mol. The summed E-state index contributed by atoms with van der Waals surface area (Å²) in [5, 5.41) is 20.4. The summed E-state index contributed by atoms with van der Waals surface area (Å²) in [6, 6.07) is 4.85. The molecule has 102 valence electrons. The molecular formula is C12H11Cl2NO4. The normalized spacial score (nSPS) is 12.4. The molecule has 19 heavy (non-hydrogen) atoms. The number of hydrogen-bond acceptors (Lipinski definition) is 3. The summed E-state index contributed by atoms with van der Waals surface area (Å²) in [6.07, 6.45) is 1.07. The van der Waals surface area contributed by atoms with Gasteiger partial charge in [0.2, 0.25) is 5.91 Å². The smallest absolute Gasteiger partial charge is 0.334 e. The van der Waals surface area contributed by atoms with E-state index in [1.54, 1.807) is 18.2 Å². The Morgan fingerprint density at radius 3 is 2.58 bits per heavy atom. The van der Waals surface area contributed by atoms with Crippen molar-refractivity contribution in [3.63, 3.8) is 0 Å². The van der Waals surface area contributed by atoms with Crippen molar-refractivity contribution in [2.45, 2.75) is 6.10 Å². The van der Waals surface area contributed by atoms with Crippen molar-refractivity contribution < 1.29 is 19.8 Å². The van der Waals surface area contributed by atoms with E-state index in [0.717, 1.165) is 0 Å². The Labute approximate surface area is 119 Å². The molecule has 0 fully saturated rings. The minimum Gasteiger partial charge on any atom is -0.479 e. The van der Waals surface area contributed by atoms with Gasteiger partial charge in [0.05, 0.1) is 16.6 Å². The van der Waals surface area contributed by atoms with Crippen molar-refractivity contribution in [2.24, 2.45) is 0 Å². The predicted octanol–water partition coefficient (Wildman–Crippen LogP) is 1.57. The monoisotopic (exact) mass is 303 g/mol. The van der Waals surface area contributed by atoms with Gasteiger partial charge in [0.15, 0.2) is 6.10 Å². The third-order valence-electron chi connectivity index (χ3n) is 2.13. The van der Waals surface area contributed by atoms with Gasteiger partial charge in [0, 0.05) is 6.08 Å². The van der Waals surface area contributed by atoms with E-state index in [1.165, 1.54) is 12.2 Å².